The Kier molecular flexibility index (Phi) is 1.42. The lowest BCUT2D eigenvalue weighted by Gasteiger charge is -2.13. The molecule has 3 N–H and O–H groups in total. The zero-order valence-electron chi connectivity index (χ0n) is 5.68. The van der Waals surface area contributed by atoms with Crippen LogP contribution in [-0.4, -0.2) is 12.0 Å². The van der Waals surface area contributed by atoms with Gasteiger partial charge in [-0.1, -0.05) is 0 Å². The highest BCUT2D eigenvalue weighted by Gasteiger charge is 2.03. The molecule has 0 aromatic heterocycles. The van der Waals surface area contributed by atoms with Crippen LogP contribution < -0.4 is 11.1 Å². The van der Waals surface area contributed by atoms with E-state index < -0.39 is 0 Å². The van der Waals surface area contributed by atoms with Crippen molar-refractivity contribution in [2.24, 2.45) is 10.7 Å². The first kappa shape index (κ1) is 6.13. The van der Waals surface area contributed by atoms with Gasteiger partial charge in [0.25, 0.3) is 0 Å². The van der Waals surface area contributed by atoms with Crippen molar-refractivity contribution in [3.05, 3.63) is 11.8 Å². The quantitative estimate of drug-likeness (QED) is 0.485. The molecule has 0 aromatic rings. The van der Waals surface area contributed by atoms with Gasteiger partial charge < -0.3 is 11.1 Å². The first-order chi connectivity index (χ1) is 4.18. The molecular formula is C6H11N3. The maximum Gasteiger partial charge on any atom is 0.193 e. The second-order valence-corrected chi connectivity index (χ2v) is 2.23. The van der Waals surface area contributed by atoms with Crippen LogP contribution in [0.2, 0.25) is 0 Å². The third-order valence-corrected chi connectivity index (χ3v) is 1.16. The summed E-state index contributed by atoms with van der Waals surface area (Å²) in [5, 5.41) is 2.90. The van der Waals surface area contributed by atoms with Gasteiger partial charge in [-0.15, -0.1) is 0 Å². The third-order valence-electron chi connectivity index (χ3n) is 1.16. The van der Waals surface area contributed by atoms with Crippen molar-refractivity contribution in [1.29, 1.82) is 0 Å². The molecule has 3 heteroatoms. The molecule has 3 nitrogen and oxygen atoms in total. The van der Waals surface area contributed by atoms with E-state index in [1.807, 2.05) is 19.9 Å². The lowest BCUT2D eigenvalue weighted by Crippen LogP contribution is -2.34. The van der Waals surface area contributed by atoms with Crippen molar-refractivity contribution < 1.29 is 0 Å². The van der Waals surface area contributed by atoms with Gasteiger partial charge >= 0.3 is 0 Å². The van der Waals surface area contributed by atoms with Gasteiger partial charge in [-0.25, -0.2) is 4.99 Å². The first-order valence-corrected chi connectivity index (χ1v) is 2.97. The van der Waals surface area contributed by atoms with Gasteiger partial charge in [0.05, 0.1) is 6.04 Å². The standard InChI is InChI=1S/C6H11N3/c1-4-3-5(2)9-6(7)8-4/h3-4H,1-2H3,(H3,7,8,9). The van der Waals surface area contributed by atoms with Crippen molar-refractivity contribution in [3.63, 3.8) is 0 Å². The fraction of sp³-hybridized carbons (Fsp3) is 0.500. The summed E-state index contributed by atoms with van der Waals surface area (Å²) in [6.07, 6.45) is 2.02. The van der Waals surface area contributed by atoms with Crippen molar-refractivity contribution in [3.8, 4) is 0 Å². The van der Waals surface area contributed by atoms with Crippen molar-refractivity contribution >= 4 is 5.96 Å². The van der Waals surface area contributed by atoms with Gasteiger partial charge in [-0.05, 0) is 19.9 Å². The summed E-state index contributed by atoms with van der Waals surface area (Å²) in [4.78, 5) is 4.04. The Morgan fingerprint density at radius 1 is 1.78 bits per heavy atom. The van der Waals surface area contributed by atoms with E-state index in [0.29, 0.717) is 5.96 Å². The number of aliphatic imine (C=N–C) groups is 1. The van der Waals surface area contributed by atoms with Crippen molar-refractivity contribution in [2.75, 3.05) is 0 Å². The Labute approximate surface area is 54.7 Å². The average molecular weight is 125 g/mol. The number of nitrogens with zero attached hydrogens (tertiary/aromatic N) is 1. The largest absolute Gasteiger partial charge is 0.370 e. The summed E-state index contributed by atoms with van der Waals surface area (Å²) in [6.45, 7) is 3.97. The van der Waals surface area contributed by atoms with Gasteiger partial charge in [0.15, 0.2) is 5.96 Å². The van der Waals surface area contributed by atoms with Crippen LogP contribution in [0.4, 0.5) is 0 Å². The molecule has 0 aliphatic carbocycles. The van der Waals surface area contributed by atoms with Crippen LogP contribution in [0.5, 0.6) is 0 Å². The highest BCUT2D eigenvalue weighted by Crippen LogP contribution is 2.00. The number of hydrogen-bond donors (Lipinski definition) is 2. The fourth-order valence-corrected chi connectivity index (χ4v) is 0.894. The summed E-state index contributed by atoms with van der Waals surface area (Å²) in [7, 11) is 0. The molecule has 1 aliphatic heterocycles. The number of guanidine groups is 1. The molecule has 1 aliphatic rings. The summed E-state index contributed by atoms with van der Waals surface area (Å²) in [6, 6.07) is 0.228. The molecule has 0 amide bonds. The van der Waals surface area contributed by atoms with E-state index in [1.165, 1.54) is 0 Å². The predicted molar refractivity (Wildman–Crippen MR) is 38.0 cm³/mol. The molecule has 0 aromatic carbocycles. The monoisotopic (exact) mass is 125 g/mol. The summed E-state index contributed by atoms with van der Waals surface area (Å²) < 4.78 is 0. The zero-order chi connectivity index (χ0) is 6.85. The normalized spacial score (nSPS) is 26.2. The van der Waals surface area contributed by atoms with E-state index in [0.717, 1.165) is 5.70 Å². The molecule has 0 saturated heterocycles. The number of nitrogens with one attached hydrogen (secondary N) is 1. The number of rotatable bonds is 0. The SMILES string of the molecule is CC1=CC(C)N=C(N)N1. The second-order valence-electron chi connectivity index (χ2n) is 2.23. The Morgan fingerprint density at radius 2 is 2.44 bits per heavy atom. The molecule has 50 valence electrons. The lowest BCUT2D eigenvalue weighted by atomic mass is 10.2. The number of allylic oxidation sites excluding steroid dienone is 1. The molecule has 0 fully saturated rings. The minimum absolute atomic E-state index is 0.228. The Morgan fingerprint density at radius 3 is 2.89 bits per heavy atom. The molecule has 1 atom stereocenters. The molecule has 1 heterocycles. The van der Waals surface area contributed by atoms with Crippen LogP contribution in [0.1, 0.15) is 13.8 Å². The summed E-state index contributed by atoms with van der Waals surface area (Å²) in [5.41, 5.74) is 6.49. The van der Waals surface area contributed by atoms with E-state index >= 15 is 0 Å². The Bertz CT molecular complexity index is 151. The summed E-state index contributed by atoms with van der Waals surface area (Å²) >= 11 is 0. The Hall–Kier alpha value is -0.990. The van der Waals surface area contributed by atoms with Crippen molar-refractivity contribution in [1.82, 2.24) is 5.32 Å². The van der Waals surface area contributed by atoms with Gasteiger partial charge in [0.2, 0.25) is 0 Å². The molecule has 0 radical (unpaired) electrons. The zero-order valence-corrected chi connectivity index (χ0v) is 5.68. The van der Waals surface area contributed by atoms with E-state index in [-0.39, 0.29) is 6.04 Å². The fourth-order valence-electron chi connectivity index (χ4n) is 0.894. The first-order valence-electron chi connectivity index (χ1n) is 2.97. The predicted octanol–water partition coefficient (Wildman–Crippen LogP) is 0.197. The molecule has 0 bridgehead atoms. The maximum absolute atomic E-state index is 5.41. The van der Waals surface area contributed by atoms with E-state index in [1.54, 1.807) is 0 Å². The third kappa shape index (κ3) is 1.45. The van der Waals surface area contributed by atoms with Crippen LogP contribution in [0.3, 0.4) is 0 Å². The van der Waals surface area contributed by atoms with Gasteiger partial charge in [-0.2, -0.15) is 0 Å². The van der Waals surface area contributed by atoms with Gasteiger partial charge in [0.1, 0.15) is 0 Å². The molecule has 0 spiro atoms. The average Bonchev–Trinajstić information content (AvgIpc) is 1.59. The topological polar surface area (TPSA) is 50.4 Å². The number of nitrogens with two attached hydrogens (primary N) is 1. The Balaban J connectivity index is 2.69. The van der Waals surface area contributed by atoms with Crippen molar-refractivity contribution in [2.45, 2.75) is 19.9 Å². The van der Waals surface area contributed by atoms with Crippen LogP contribution in [0.15, 0.2) is 16.8 Å². The van der Waals surface area contributed by atoms with Gasteiger partial charge in [-0.3, -0.25) is 0 Å². The number of hydrogen-bond acceptors (Lipinski definition) is 3. The lowest BCUT2D eigenvalue weighted by molar-refractivity contribution is 0.849. The van der Waals surface area contributed by atoms with Crippen LogP contribution >= 0.6 is 0 Å². The molecule has 1 rings (SSSR count). The smallest absolute Gasteiger partial charge is 0.193 e. The minimum atomic E-state index is 0.228. The second kappa shape index (κ2) is 2.09. The molecule has 9 heavy (non-hydrogen) atoms. The highest BCUT2D eigenvalue weighted by molar-refractivity contribution is 5.80. The van der Waals surface area contributed by atoms with E-state index in [9.17, 15) is 0 Å². The molecule has 0 saturated carbocycles. The van der Waals surface area contributed by atoms with Crippen LogP contribution in [0, 0.1) is 0 Å². The summed E-state index contributed by atoms with van der Waals surface area (Å²) in [5.74, 6) is 0.516. The van der Waals surface area contributed by atoms with Crippen LogP contribution in [0.25, 0.3) is 0 Å². The van der Waals surface area contributed by atoms with Crippen LogP contribution in [-0.2, 0) is 0 Å². The highest BCUT2D eigenvalue weighted by atomic mass is 15.1. The van der Waals surface area contributed by atoms with E-state index in [2.05, 4.69) is 10.3 Å². The minimum Gasteiger partial charge on any atom is -0.370 e. The van der Waals surface area contributed by atoms with Gasteiger partial charge in [0, 0.05) is 5.70 Å². The molecule has 1 unspecified atom stereocenters. The van der Waals surface area contributed by atoms with E-state index in [4.69, 9.17) is 5.73 Å². The maximum atomic E-state index is 5.41. The molecular weight excluding hydrogens is 114 g/mol.